The summed E-state index contributed by atoms with van der Waals surface area (Å²) in [4.78, 5) is 10.7. The van der Waals surface area contributed by atoms with Crippen LogP contribution in [0.25, 0.3) is 12.2 Å². The third-order valence-electron chi connectivity index (χ3n) is 2.97. The van der Waals surface area contributed by atoms with Crippen LogP contribution in [0.4, 0.5) is 5.69 Å². The van der Waals surface area contributed by atoms with E-state index in [1.165, 1.54) is 6.07 Å². The number of hydrogen-bond acceptors (Lipinski definition) is 4. The Bertz CT molecular complexity index is 680. The van der Waals surface area contributed by atoms with E-state index in [0.717, 1.165) is 5.56 Å². The molecule has 0 saturated carbocycles. The first-order valence-corrected chi connectivity index (χ1v) is 6.05. The number of nitro groups is 1. The van der Waals surface area contributed by atoms with Crippen molar-refractivity contribution in [3.05, 3.63) is 63.7 Å². The van der Waals surface area contributed by atoms with Crippen LogP contribution in [0.15, 0.2) is 42.5 Å². The smallest absolute Gasteiger partial charge is 0.280 e. The molecule has 2 aromatic rings. The van der Waals surface area contributed by atoms with Gasteiger partial charge in [0.05, 0.1) is 16.6 Å². The molecular formula is C15H11NO4. The molecule has 0 aliphatic carbocycles. The molecule has 3 rings (SSSR count). The molecular weight excluding hydrogens is 258 g/mol. The molecule has 0 radical (unpaired) electrons. The van der Waals surface area contributed by atoms with Crippen molar-refractivity contribution in [1.82, 2.24) is 0 Å². The van der Waals surface area contributed by atoms with E-state index in [0.29, 0.717) is 17.1 Å². The topological polar surface area (TPSA) is 61.6 Å². The first-order valence-electron chi connectivity index (χ1n) is 6.05. The van der Waals surface area contributed by atoms with E-state index >= 15 is 0 Å². The molecule has 0 aromatic heterocycles. The summed E-state index contributed by atoms with van der Waals surface area (Å²) < 4.78 is 10.4. The van der Waals surface area contributed by atoms with Crippen molar-refractivity contribution in [1.29, 1.82) is 0 Å². The van der Waals surface area contributed by atoms with Gasteiger partial charge in [0.1, 0.15) is 0 Å². The van der Waals surface area contributed by atoms with Gasteiger partial charge in [-0.25, -0.2) is 0 Å². The van der Waals surface area contributed by atoms with Gasteiger partial charge >= 0.3 is 0 Å². The standard InChI is InChI=1S/C15H11NO4/c17-16(18)13-9-15-14(19-10-20-15)8-12(13)7-6-11-4-2-1-3-5-11/h1-9H,10H2/b7-6+. The average molecular weight is 269 g/mol. The van der Waals surface area contributed by atoms with E-state index in [4.69, 9.17) is 9.47 Å². The minimum absolute atomic E-state index is 0.00133. The maximum absolute atomic E-state index is 11.1. The number of hydrogen-bond donors (Lipinski definition) is 0. The maximum atomic E-state index is 11.1. The fourth-order valence-corrected chi connectivity index (χ4v) is 1.99. The van der Waals surface area contributed by atoms with E-state index in [2.05, 4.69) is 0 Å². The van der Waals surface area contributed by atoms with Crippen LogP contribution in [0.2, 0.25) is 0 Å². The van der Waals surface area contributed by atoms with Gasteiger partial charge in [-0.15, -0.1) is 0 Å². The summed E-state index contributed by atoms with van der Waals surface area (Å²) >= 11 is 0. The van der Waals surface area contributed by atoms with Crippen molar-refractivity contribution in [2.45, 2.75) is 0 Å². The van der Waals surface area contributed by atoms with Crippen molar-refractivity contribution in [2.75, 3.05) is 6.79 Å². The molecule has 0 fully saturated rings. The highest BCUT2D eigenvalue weighted by Gasteiger charge is 2.21. The van der Waals surface area contributed by atoms with Crippen molar-refractivity contribution in [3.63, 3.8) is 0 Å². The third kappa shape index (κ3) is 2.33. The van der Waals surface area contributed by atoms with Crippen LogP contribution in [0.5, 0.6) is 11.5 Å². The first-order chi connectivity index (χ1) is 9.74. The van der Waals surface area contributed by atoms with Crippen LogP contribution in [0, 0.1) is 10.1 Å². The molecule has 1 heterocycles. The Kier molecular flexibility index (Phi) is 3.09. The van der Waals surface area contributed by atoms with Crippen LogP contribution in [-0.2, 0) is 0 Å². The van der Waals surface area contributed by atoms with Gasteiger partial charge in [-0.1, -0.05) is 36.4 Å². The highest BCUT2D eigenvalue weighted by molar-refractivity contribution is 5.76. The summed E-state index contributed by atoms with van der Waals surface area (Å²) in [6, 6.07) is 12.6. The molecule has 0 N–H and O–H groups in total. The molecule has 0 unspecified atom stereocenters. The zero-order chi connectivity index (χ0) is 13.9. The lowest BCUT2D eigenvalue weighted by Crippen LogP contribution is -1.93. The Morgan fingerprint density at radius 1 is 1.05 bits per heavy atom. The van der Waals surface area contributed by atoms with Crippen molar-refractivity contribution in [2.24, 2.45) is 0 Å². The lowest BCUT2D eigenvalue weighted by molar-refractivity contribution is -0.385. The van der Waals surface area contributed by atoms with E-state index in [1.807, 2.05) is 36.4 Å². The summed E-state index contributed by atoms with van der Waals surface area (Å²) in [5.41, 5.74) is 1.46. The van der Waals surface area contributed by atoms with E-state index < -0.39 is 4.92 Å². The highest BCUT2D eigenvalue weighted by Crippen LogP contribution is 2.38. The zero-order valence-electron chi connectivity index (χ0n) is 10.5. The van der Waals surface area contributed by atoms with E-state index in [9.17, 15) is 10.1 Å². The molecule has 0 amide bonds. The normalized spacial score (nSPS) is 12.8. The van der Waals surface area contributed by atoms with Crippen molar-refractivity contribution >= 4 is 17.8 Å². The quantitative estimate of drug-likeness (QED) is 0.486. The first kappa shape index (κ1) is 12.2. The van der Waals surface area contributed by atoms with Gasteiger partial charge in [-0.2, -0.15) is 0 Å². The van der Waals surface area contributed by atoms with Gasteiger partial charge in [-0.05, 0) is 17.7 Å². The SMILES string of the molecule is O=[N+]([O-])c1cc2c(cc1/C=C/c1ccccc1)OCO2. The van der Waals surface area contributed by atoms with Crippen LogP contribution in [0.3, 0.4) is 0 Å². The monoisotopic (exact) mass is 269 g/mol. The number of ether oxygens (including phenoxy) is 2. The van der Waals surface area contributed by atoms with Gasteiger partial charge in [0.2, 0.25) is 6.79 Å². The van der Waals surface area contributed by atoms with E-state index in [1.54, 1.807) is 12.1 Å². The van der Waals surface area contributed by atoms with Crippen molar-refractivity contribution in [3.8, 4) is 11.5 Å². The Morgan fingerprint density at radius 2 is 1.75 bits per heavy atom. The van der Waals surface area contributed by atoms with Gasteiger partial charge in [0.25, 0.3) is 5.69 Å². The molecule has 0 bridgehead atoms. The van der Waals surface area contributed by atoms with Crippen LogP contribution in [-0.4, -0.2) is 11.7 Å². The average Bonchev–Trinajstić information content (AvgIpc) is 2.92. The minimum atomic E-state index is -0.424. The van der Waals surface area contributed by atoms with Gasteiger partial charge in [0.15, 0.2) is 11.5 Å². The van der Waals surface area contributed by atoms with Crippen molar-refractivity contribution < 1.29 is 14.4 Å². The summed E-state index contributed by atoms with van der Waals surface area (Å²) in [6.07, 6.45) is 3.53. The lowest BCUT2D eigenvalue weighted by Gasteiger charge is -2.01. The Labute approximate surface area is 115 Å². The van der Waals surface area contributed by atoms with Gasteiger partial charge in [-0.3, -0.25) is 10.1 Å². The molecule has 20 heavy (non-hydrogen) atoms. The fraction of sp³-hybridized carbons (Fsp3) is 0.0667. The van der Waals surface area contributed by atoms with Crippen LogP contribution in [0.1, 0.15) is 11.1 Å². The Morgan fingerprint density at radius 3 is 2.45 bits per heavy atom. The highest BCUT2D eigenvalue weighted by atomic mass is 16.7. The summed E-state index contributed by atoms with van der Waals surface area (Å²) in [5, 5.41) is 11.1. The molecule has 100 valence electrons. The number of fused-ring (bicyclic) bond motifs is 1. The number of benzene rings is 2. The predicted octanol–water partition coefficient (Wildman–Crippen LogP) is 3.49. The summed E-state index contributed by atoms with van der Waals surface area (Å²) in [6.45, 7) is 0.0956. The number of nitro benzene ring substituents is 1. The Balaban J connectivity index is 2.00. The van der Waals surface area contributed by atoms with Crippen LogP contribution >= 0.6 is 0 Å². The second-order valence-corrected chi connectivity index (χ2v) is 4.27. The lowest BCUT2D eigenvalue weighted by atomic mass is 10.1. The molecule has 5 heteroatoms. The second kappa shape index (κ2) is 5.05. The molecule has 1 aliphatic heterocycles. The summed E-state index contributed by atoms with van der Waals surface area (Å²) in [7, 11) is 0. The molecule has 0 saturated heterocycles. The van der Waals surface area contributed by atoms with Gasteiger partial charge in [0, 0.05) is 0 Å². The molecule has 2 aromatic carbocycles. The summed E-state index contributed by atoms with van der Waals surface area (Å²) in [5.74, 6) is 0.942. The second-order valence-electron chi connectivity index (χ2n) is 4.27. The van der Waals surface area contributed by atoms with Gasteiger partial charge < -0.3 is 9.47 Å². The third-order valence-corrected chi connectivity index (χ3v) is 2.97. The largest absolute Gasteiger partial charge is 0.454 e. The van der Waals surface area contributed by atoms with Crippen LogP contribution < -0.4 is 9.47 Å². The zero-order valence-corrected chi connectivity index (χ0v) is 10.5. The number of rotatable bonds is 3. The van der Waals surface area contributed by atoms with E-state index in [-0.39, 0.29) is 12.5 Å². The predicted molar refractivity (Wildman–Crippen MR) is 74.6 cm³/mol. The fourth-order valence-electron chi connectivity index (χ4n) is 1.99. The molecule has 5 nitrogen and oxygen atoms in total. The molecule has 1 aliphatic rings. The number of nitrogens with zero attached hydrogens (tertiary/aromatic N) is 1. The minimum Gasteiger partial charge on any atom is -0.454 e. The molecule has 0 atom stereocenters. The maximum Gasteiger partial charge on any atom is 0.280 e. The molecule has 0 spiro atoms. The Hall–Kier alpha value is -2.82.